The topological polar surface area (TPSA) is 75.2 Å². The Morgan fingerprint density at radius 3 is 2.32 bits per heavy atom. The zero-order valence-electron chi connectivity index (χ0n) is 11.3. The minimum atomic E-state index is -0.188. The molecule has 102 valence electrons. The van der Waals surface area contributed by atoms with Crippen molar-refractivity contribution in [2.45, 2.75) is 12.5 Å². The highest BCUT2D eigenvalue weighted by Gasteiger charge is 2.13. The monoisotopic (exact) mass is 262 g/mol. The van der Waals surface area contributed by atoms with Gasteiger partial charge in [0.2, 0.25) is 0 Å². The lowest BCUT2D eigenvalue weighted by molar-refractivity contribution is 0.392. The number of ether oxygens (including phenoxy) is 2. The number of nitrogens with two attached hydrogens (primary N) is 1. The van der Waals surface area contributed by atoms with Crippen LogP contribution in [0.3, 0.4) is 0 Å². The van der Waals surface area contributed by atoms with Gasteiger partial charge in [-0.2, -0.15) is 5.10 Å². The van der Waals surface area contributed by atoms with E-state index in [0.29, 0.717) is 6.42 Å². The molecule has 0 fully saturated rings. The normalized spacial score (nSPS) is 12.2. The molecule has 0 radical (unpaired) electrons. The van der Waals surface area contributed by atoms with Crippen molar-refractivity contribution in [3.63, 3.8) is 0 Å². The Balaban J connectivity index is 2.23. The second kappa shape index (κ2) is 5.71. The number of aromatic nitrogens is 3. The van der Waals surface area contributed by atoms with E-state index in [0.717, 1.165) is 22.9 Å². The number of hydrogen-bond acceptors (Lipinski definition) is 5. The Hall–Kier alpha value is -2.08. The van der Waals surface area contributed by atoms with Crippen molar-refractivity contribution in [1.82, 2.24) is 14.8 Å². The smallest absolute Gasteiger partial charge is 0.138 e. The predicted molar refractivity (Wildman–Crippen MR) is 71.2 cm³/mol. The molecule has 19 heavy (non-hydrogen) atoms. The Bertz CT molecular complexity index is 531. The van der Waals surface area contributed by atoms with Crippen LogP contribution < -0.4 is 15.2 Å². The third kappa shape index (κ3) is 3.03. The first-order valence-corrected chi connectivity index (χ1v) is 5.95. The molecule has 1 aromatic carbocycles. The first-order valence-electron chi connectivity index (χ1n) is 5.95. The number of aryl methyl sites for hydroxylation is 1. The maximum Gasteiger partial charge on any atom is 0.138 e. The zero-order valence-corrected chi connectivity index (χ0v) is 11.3. The van der Waals surface area contributed by atoms with Crippen molar-refractivity contribution in [3.8, 4) is 11.5 Å². The molecule has 0 aliphatic heterocycles. The second-order valence-corrected chi connectivity index (χ2v) is 4.26. The summed E-state index contributed by atoms with van der Waals surface area (Å²) < 4.78 is 12.2. The molecule has 1 aromatic heterocycles. The summed E-state index contributed by atoms with van der Waals surface area (Å²) >= 11 is 0. The quantitative estimate of drug-likeness (QED) is 0.872. The fraction of sp³-hybridized carbons (Fsp3) is 0.385. The van der Waals surface area contributed by atoms with Crippen molar-refractivity contribution in [2.75, 3.05) is 14.2 Å². The van der Waals surface area contributed by atoms with Gasteiger partial charge in [0, 0.05) is 25.6 Å². The van der Waals surface area contributed by atoms with Crippen LogP contribution in [0.1, 0.15) is 17.4 Å². The molecule has 0 aliphatic carbocycles. The van der Waals surface area contributed by atoms with Crippen LogP contribution in [0.5, 0.6) is 11.5 Å². The lowest BCUT2D eigenvalue weighted by Gasteiger charge is -2.14. The predicted octanol–water partition coefficient (Wildman–Crippen LogP) is 1.07. The third-order valence-electron chi connectivity index (χ3n) is 3.01. The molecular formula is C13H18N4O2. The van der Waals surface area contributed by atoms with Gasteiger partial charge in [-0.25, -0.2) is 4.98 Å². The molecule has 1 heterocycles. The second-order valence-electron chi connectivity index (χ2n) is 4.26. The van der Waals surface area contributed by atoms with Crippen LogP contribution >= 0.6 is 0 Å². The summed E-state index contributed by atoms with van der Waals surface area (Å²) in [5, 5.41) is 4.03. The van der Waals surface area contributed by atoms with Gasteiger partial charge in [0.1, 0.15) is 23.7 Å². The Labute approximate surface area is 112 Å². The summed E-state index contributed by atoms with van der Waals surface area (Å²) in [6.45, 7) is 0. The highest BCUT2D eigenvalue weighted by molar-refractivity contribution is 5.39. The van der Waals surface area contributed by atoms with E-state index in [9.17, 15) is 0 Å². The van der Waals surface area contributed by atoms with E-state index in [4.69, 9.17) is 15.2 Å². The molecule has 0 amide bonds. The average Bonchev–Trinajstić information content (AvgIpc) is 2.83. The van der Waals surface area contributed by atoms with Crippen LogP contribution in [0.25, 0.3) is 0 Å². The molecule has 0 aliphatic rings. The average molecular weight is 262 g/mol. The highest BCUT2D eigenvalue weighted by Crippen LogP contribution is 2.26. The lowest BCUT2D eigenvalue weighted by atomic mass is 10.0. The van der Waals surface area contributed by atoms with E-state index in [1.807, 2.05) is 25.2 Å². The van der Waals surface area contributed by atoms with E-state index in [2.05, 4.69) is 10.1 Å². The van der Waals surface area contributed by atoms with Gasteiger partial charge in [-0.15, -0.1) is 0 Å². The summed E-state index contributed by atoms with van der Waals surface area (Å²) in [4.78, 5) is 4.18. The molecular weight excluding hydrogens is 244 g/mol. The Morgan fingerprint density at radius 2 is 1.84 bits per heavy atom. The summed E-state index contributed by atoms with van der Waals surface area (Å²) in [7, 11) is 5.08. The number of hydrogen-bond donors (Lipinski definition) is 1. The third-order valence-corrected chi connectivity index (χ3v) is 3.01. The van der Waals surface area contributed by atoms with Gasteiger partial charge in [-0.1, -0.05) is 0 Å². The molecule has 0 bridgehead atoms. The number of methoxy groups -OCH3 is 2. The minimum absolute atomic E-state index is 0.188. The van der Waals surface area contributed by atoms with E-state index in [-0.39, 0.29) is 6.04 Å². The minimum Gasteiger partial charge on any atom is -0.497 e. The number of benzene rings is 1. The van der Waals surface area contributed by atoms with Crippen LogP contribution in [0.4, 0.5) is 0 Å². The first-order chi connectivity index (χ1) is 9.13. The van der Waals surface area contributed by atoms with Crippen LogP contribution in [0, 0.1) is 0 Å². The fourth-order valence-corrected chi connectivity index (χ4v) is 1.86. The summed E-state index contributed by atoms with van der Waals surface area (Å²) in [6.07, 6.45) is 2.13. The van der Waals surface area contributed by atoms with Crippen molar-refractivity contribution in [2.24, 2.45) is 12.8 Å². The molecule has 0 saturated carbocycles. The van der Waals surface area contributed by atoms with Gasteiger partial charge < -0.3 is 15.2 Å². The van der Waals surface area contributed by atoms with Gasteiger partial charge in [-0.05, 0) is 17.7 Å². The van der Waals surface area contributed by atoms with Gasteiger partial charge in [0.05, 0.1) is 14.2 Å². The summed E-state index contributed by atoms with van der Waals surface area (Å²) in [5.41, 5.74) is 7.15. The van der Waals surface area contributed by atoms with Gasteiger partial charge >= 0.3 is 0 Å². The molecule has 0 saturated heterocycles. The standard InChI is InChI=1S/C13H18N4O2/c1-17-13(15-8-16-17)7-12(14)9-4-10(18-2)6-11(5-9)19-3/h4-6,8,12H,7,14H2,1-3H3. The van der Waals surface area contributed by atoms with Crippen molar-refractivity contribution in [1.29, 1.82) is 0 Å². The van der Waals surface area contributed by atoms with Crippen LogP contribution in [-0.2, 0) is 13.5 Å². The highest BCUT2D eigenvalue weighted by atomic mass is 16.5. The van der Waals surface area contributed by atoms with Crippen LogP contribution in [0.2, 0.25) is 0 Å². The molecule has 1 unspecified atom stereocenters. The lowest BCUT2D eigenvalue weighted by Crippen LogP contribution is -2.16. The van der Waals surface area contributed by atoms with Crippen LogP contribution in [-0.4, -0.2) is 29.0 Å². The van der Waals surface area contributed by atoms with E-state index in [1.165, 1.54) is 6.33 Å². The number of rotatable bonds is 5. The molecule has 0 spiro atoms. The first kappa shape index (κ1) is 13.4. The fourth-order valence-electron chi connectivity index (χ4n) is 1.86. The maximum atomic E-state index is 6.21. The molecule has 6 heteroatoms. The zero-order chi connectivity index (χ0) is 13.8. The van der Waals surface area contributed by atoms with E-state index in [1.54, 1.807) is 18.9 Å². The van der Waals surface area contributed by atoms with Gasteiger partial charge in [0.15, 0.2) is 0 Å². The van der Waals surface area contributed by atoms with Crippen molar-refractivity contribution in [3.05, 3.63) is 35.9 Å². The molecule has 2 N–H and O–H groups in total. The number of nitrogens with zero attached hydrogens (tertiary/aromatic N) is 3. The SMILES string of the molecule is COc1cc(OC)cc(C(N)Cc2ncnn2C)c1. The molecule has 6 nitrogen and oxygen atoms in total. The van der Waals surface area contributed by atoms with Crippen LogP contribution in [0.15, 0.2) is 24.5 Å². The Kier molecular flexibility index (Phi) is 4.01. The van der Waals surface area contributed by atoms with Crippen molar-refractivity contribution >= 4 is 0 Å². The van der Waals surface area contributed by atoms with Crippen molar-refractivity contribution < 1.29 is 9.47 Å². The Morgan fingerprint density at radius 1 is 1.21 bits per heavy atom. The van der Waals surface area contributed by atoms with Gasteiger partial charge in [-0.3, -0.25) is 4.68 Å². The van der Waals surface area contributed by atoms with E-state index >= 15 is 0 Å². The summed E-state index contributed by atoms with van der Waals surface area (Å²) in [6, 6.07) is 5.44. The van der Waals surface area contributed by atoms with E-state index < -0.39 is 0 Å². The molecule has 2 rings (SSSR count). The molecule has 2 aromatic rings. The summed E-state index contributed by atoms with van der Waals surface area (Å²) in [5.74, 6) is 2.29. The maximum absolute atomic E-state index is 6.21. The molecule has 1 atom stereocenters. The largest absolute Gasteiger partial charge is 0.497 e. The van der Waals surface area contributed by atoms with Gasteiger partial charge in [0.25, 0.3) is 0 Å².